The molecule has 0 bridgehead atoms. The molecule has 2 aliphatic heterocycles. The van der Waals surface area contributed by atoms with E-state index >= 15 is 0 Å². The van der Waals surface area contributed by atoms with E-state index in [1.807, 2.05) is 24.3 Å². The molecule has 0 unspecified atom stereocenters. The van der Waals surface area contributed by atoms with E-state index in [9.17, 15) is 4.79 Å². The summed E-state index contributed by atoms with van der Waals surface area (Å²) < 4.78 is 0. The van der Waals surface area contributed by atoms with Gasteiger partial charge in [0.05, 0.1) is 0 Å². The standard InChI is InChI=1S/C18H27N3O/c19-18(22)17-7-3-2-6-15(17)14-20-12-8-16(9-13-20)21-10-4-1-5-11-21/h2-3,6-7,16H,1,4-5,8-14H2,(H2,19,22). The smallest absolute Gasteiger partial charge is 0.249 e. The van der Waals surface area contributed by atoms with E-state index < -0.39 is 0 Å². The summed E-state index contributed by atoms with van der Waals surface area (Å²) in [6, 6.07) is 8.49. The molecule has 2 saturated heterocycles. The summed E-state index contributed by atoms with van der Waals surface area (Å²) >= 11 is 0. The molecular weight excluding hydrogens is 274 g/mol. The van der Waals surface area contributed by atoms with Crippen LogP contribution in [0.1, 0.15) is 48.0 Å². The van der Waals surface area contributed by atoms with Crippen molar-refractivity contribution in [3.8, 4) is 0 Å². The zero-order valence-electron chi connectivity index (χ0n) is 13.3. The molecule has 1 aromatic rings. The highest BCUT2D eigenvalue weighted by Crippen LogP contribution is 2.22. The summed E-state index contributed by atoms with van der Waals surface area (Å²) in [6.45, 7) is 5.65. The summed E-state index contributed by atoms with van der Waals surface area (Å²) in [5, 5.41) is 0. The summed E-state index contributed by atoms with van der Waals surface area (Å²) in [4.78, 5) is 16.7. The number of carbonyl (C=O) groups is 1. The Bertz CT molecular complexity index is 503. The highest BCUT2D eigenvalue weighted by atomic mass is 16.1. The lowest BCUT2D eigenvalue weighted by Crippen LogP contribution is -2.46. The molecule has 120 valence electrons. The van der Waals surface area contributed by atoms with E-state index in [1.54, 1.807) is 0 Å². The predicted molar refractivity (Wildman–Crippen MR) is 88.7 cm³/mol. The van der Waals surface area contributed by atoms with Gasteiger partial charge in [-0.3, -0.25) is 9.69 Å². The van der Waals surface area contributed by atoms with Crippen molar-refractivity contribution in [2.75, 3.05) is 26.2 Å². The van der Waals surface area contributed by atoms with Crippen LogP contribution in [0.15, 0.2) is 24.3 Å². The lowest BCUT2D eigenvalue weighted by Gasteiger charge is -2.40. The minimum absolute atomic E-state index is 0.321. The number of amides is 1. The molecule has 4 nitrogen and oxygen atoms in total. The molecule has 2 aliphatic rings. The Hall–Kier alpha value is -1.39. The van der Waals surface area contributed by atoms with E-state index in [-0.39, 0.29) is 5.91 Å². The van der Waals surface area contributed by atoms with Crippen LogP contribution in [0.5, 0.6) is 0 Å². The van der Waals surface area contributed by atoms with Gasteiger partial charge < -0.3 is 10.6 Å². The number of hydrogen-bond acceptors (Lipinski definition) is 3. The quantitative estimate of drug-likeness (QED) is 0.928. The normalized spacial score (nSPS) is 21.8. The fraction of sp³-hybridized carbons (Fsp3) is 0.611. The number of carbonyl (C=O) groups excluding carboxylic acids is 1. The molecule has 2 fully saturated rings. The largest absolute Gasteiger partial charge is 0.366 e. The molecule has 4 heteroatoms. The van der Waals surface area contributed by atoms with Gasteiger partial charge in [-0.1, -0.05) is 24.6 Å². The number of benzene rings is 1. The second-order valence-electron chi connectivity index (χ2n) is 6.63. The highest BCUT2D eigenvalue weighted by Gasteiger charge is 2.25. The van der Waals surface area contributed by atoms with Crippen LogP contribution >= 0.6 is 0 Å². The van der Waals surface area contributed by atoms with Gasteiger partial charge in [0.25, 0.3) is 0 Å². The third kappa shape index (κ3) is 3.68. The lowest BCUT2D eigenvalue weighted by atomic mass is 9.99. The predicted octanol–water partition coefficient (Wildman–Crippen LogP) is 2.24. The second-order valence-corrected chi connectivity index (χ2v) is 6.63. The first kappa shape index (κ1) is 15.5. The monoisotopic (exact) mass is 301 g/mol. The van der Waals surface area contributed by atoms with Crippen LogP contribution in [0.4, 0.5) is 0 Å². The highest BCUT2D eigenvalue weighted by molar-refractivity contribution is 5.94. The Kier molecular flexibility index (Phi) is 5.11. The number of nitrogens with two attached hydrogens (primary N) is 1. The fourth-order valence-corrected chi connectivity index (χ4v) is 3.87. The minimum Gasteiger partial charge on any atom is -0.366 e. The van der Waals surface area contributed by atoms with Crippen molar-refractivity contribution >= 4 is 5.91 Å². The average Bonchev–Trinajstić information content (AvgIpc) is 2.57. The van der Waals surface area contributed by atoms with Gasteiger partial charge in [-0.25, -0.2) is 0 Å². The Morgan fingerprint density at radius 2 is 1.73 bits per heavy atom. The lowest BCUT2D eigenvalue weighted by molar-refractivity contribution is 0.0890. The van der Waals surface area contributed by atoms with Crippen molar-refractivity contribution in [3.05, 3.63) is 35.4 Å². The van der Waals surface area contributed by atoms with Gasteiger partial charge in [0, 0.05) is 18.2 Å². The van der Waals surface area contributed by atoms with Crippen LogP contribution in [-0.4, -0.2) is 47.9 Å². The van der Waals surface area contributed by atoms with Crippen molar-refractivity contribution < 1.29 is 4.79 Å². The van der Waals surface area contributed by atoms with Crippen molar-refractivity contribution in [1.82, 2.24) is 9.80 Å². The molecular formula is C18H27N3O. The molecule has 0 saturated carbocycles. The molecule has 0 spiro atoms. The first-order valence-electron chi connectivity index (χ1n) is 8.58. The zero-order chi connectivity index (χ0) is 15.4. The number of piperidine rings is 2. The van der Waals surface area contributed by atoms with E-state index in [1.165, 1.54) is 45.2 Å². The number of rotatable bonds is 4. The summed E-state index contributed by atoms with van der Waals surface area (Å²) in [5.41, 5.74) is 7.20. The van der Waals surface area contributed by atoms with Crippen LogP contribution in [-0.2, 0) is 6.54 Å². The third-order valence-electron chi connectivity index (χ3n) is 5.14. The van der Waals surface area contributed by atoms with Crippen molar-refractivity contribution in [2.24, 2.45) is 5.73 Å². The molecule has 0 radical (unpaired) electrons. The van der Waals surface area contributed by atoms with Crippen LogP contribution in [0.2, 0.25) is 0 Å². The maximum atomic E-state index is 11.5. The Morgan fingerprint density at radius 1 is 1.05 bits per heavy atom. The van der Waals surface area contributed by atoms with Gasteiger partial charge in [-0.15, -0.1) is 0 Å². The summed E-state index contributed by atoms with van der Waals surface area (Å²) in [7, 11) is 0. The summed E-state index contributed by atoms with van der Waals surface area (Å²) in [6.07, 6.45) is 6.63. The van der Waals surface area contributed by atoms with Crippen LogP contribution < -0.4 is 5.73 Å². The van der Waals surface area contributed by atoms with Gasteiger partial charge in [0.15, 0.2) is 0 Å². The van der Waals surface area contributed by atoms with Gasteiger partial charge in [-0.05, 0) is 63.5 Å². The summed E-state index contributed by atoms with van der Waals surface area (Å²) in [5.74, 6) is -0.321. The van der Waals surface area contributed by atoms with E-state index in [4.69, 9.17) is 5.73 Å². The molecule has 0 aromatic heterocycles. The van der Waals surface area contributed by atoms with Crippen molar-refractivity contribution in [3.63, 3.8) is 0 Å². The molecule has 0 atom stereocenters. The maximum absolute atomic E-state index is 11.5. The molecule has 2 N–H and O–H groups in total. The van der Waals surface area contributed by atoms with Gasteiger partial charge in [-0.2, -0.15) is 0 Å². The minimum atomic E-state index is -0.321. The third-order valence-corrected chi connectivity index (χ3v) is 5.14. The molecule has 1 amide bonds. The van der Waals surface area contributed by atoms with Gasteiger partial charge >= 0.3 is 0 Å². The zero-order valence-corrected chi connectivity index (χ0v) is 13.3. The van der Waals surface area contributed by atoms with Gasteiger partial charge in [0.2, 0.25) is 5.91 Å². The van der Waals surface area contributed by atoms with E-state index in [2.05, 4.69) is 9.80 Å². The number of nitrogens with zero attached hydrogens (tertiary/aromatic N) is 2. The number of hydrogen-bond donors (Lipinski definition) is 1. The molecule has 2 heterocycles. The first-order chi connectivity index (χ1) is 10.7. The second kappa shape index (κ2) is 7.25. The number of likely N-dealkylation sites (tertiary alicyclic amines) is 2. The van der Waals surface area contributed by atoms with Gasteiger partial charge in [0.1, 0.15) is 0 Å². The van der Waals surface area contributed by atoms with Crippen molar-refractivity contribution in [2.45, 2.75) is 44.7 Å². The van der Waals surface area contributed by atoms with Crippen LogP contribution in [0.25, 0.3) is 0 Å². The SMILES string of the molecule is NC(=O)c1ccccc1CN1CCC(N2CCCCC2)CC1. The Morgan fingerprint density at radius 3 is 2.41 bits per heavy atom. The molecule has 1 aromatic carbocycles. The number of primary amides is 1. The molecule has 22 heavy (non-hydrogen) atoms. The fourth-order valence-electron chi connectivity index (χ4n) is 3.87. The van der Waals surface area contributed by atoms with Crippen molar-refractivity contribution in [1.29, 1.82) is 0 Å². The average molecular weight is 301 g/mol. The first-order valence-corrected chi connectivity index (χ1v) is 8.58. The Labute approximate surface area is 133 Å². The topological polar surface area (TPSA) is 49.6 Å². The van der Waals surface area contributed by atoms with Crippen LogP contribution in [0.3, 0.4) is 0 Å². The van der Waals surface area contributed by atoms with Crippen LogP contribution in [0, 0.1) is 0 Å². The Balaban J connectivity index is 1.55. The molecule has 3 rings (SSSR count). The van der Waals surface area contributed by atoms with E-state index in [0.717, 1.165) is 31.2 Å². The maximum Gasteiger partial charge on any atom is 0.249 e. The molecule has 0 aliphatic carbocycles. The van der Waals surface area contributed by atoms with E-state index in [0.29, 0.717) is 5.56 Å².